The van der Waals surface area contributed by atoms with Crippen molar-refractivity contribution in [2.75, 3.05) is 31.6 Å². The van der Waals surface area contributed by atoms with E-state index in [4.69, 9.17) is 17.0 Å². The topological polar surface area (TPSA) is 109 Å². The molecule has 2 N–H and O–H groups in total. The van der Waals surface area contributed by atoms with E-state index in [0.717, 1.165) is 27.9 Å². The van der Waals surface area contributed by atoms with Gasteiger partial charge in [-0.2, -0.15) is 4.31 Å². The van der Waals surface area contributed by atoms with Crippen molar-refractivity contribution in [1.82, 2.24) is 8.87 Å². The van der Waals surface area contributed by atoms with Crippen LogP contribution in [0.3, 0.4) is 0 Å². The second-order valence-corrected chi connectivity index (χ2v) is 12.2. The maximum absolute atomic E-state index is 13.4. The lowest BCUT2D eigenvalue weighted by Gasteiger charge is -2.26. The number of nitrogens with one attached hydrogen (secondary N) is 1. The van der Waals surface area contributed by atoms with Crippen LogP contribution >= 0.6 is 12.2 Å². The summed E-state index contributed by atoms with van der Waals surface area (Å²) in [6, 6.07) is 18.7. The van der Waals surface area contributed by atoms with Crippen LogP contribution in [0.4, 0.5) is 11.4 Å². The number of benzene rings is 3. The van der Waals surface area contributed by atoms with E-state index in [1.165, 1.54) is 4.31 Å². The van der Waals surface area contributed by atoms with Gasteiger partial charge in [-0.15, -0.1) is 10.2 Å². The molecule has 11 heteroatoms. The van der Waals surface area contributed by atoms with E-state index in [1.807, 2.05) is 63.2 Å². The van der Waals surface area contributed by atoms with Crippen LogP contribution in [0.1, 0.15) is 22.3 Å². The Morgan fingerprint density at radius 2 is 1.70 bits per heavy atom. The number of aromatic hydroxyl groups is 1. The van der Waals surface area contributed by atoms with E-state index in [0.29, 0.717) is 30.7 Å². The molecule has 4 aromatic rings. The van der Waals surface area contributed by atoms with Crippen molar-refractivity contribution >= 4 is 49.6 Å². The maximum Gasteiger partial charge on any atom is 0.243 e. The molecule has 40 heavy (non-hydrogen) atoms. The molecule has 0 bridgehead atoms. The molecule has 1 aliphatic rings. The highest BCUT2D eigenvalue weighted by molar-refractivity contribution is 7.89. The first-order valence-electron chi connectivity index (χ1n) is 12.9. The van der Waals surface area contributed by atoms with Gasteiger partial charge in [0.25, 0.3) is 0 Å². The van der Waals surface area contributed by atoms with Crippen molar-refractivity contribution in [3.8, 4) is 5.88 Å². The van der Waals surface area contributed by atoms with Crippen molar-refractivity contribution in [3.63, 3.8) is 0 Å². The molecule has 0 aliphatic carbocycles. The number of aromatic nitrogens is 1. The van der Waals surface area contributed by atoms with Gasteiger partial charge in [-0.3, -0.25) is 0 Å². The number of ether oxygens (including phenoxy) is 1. The molecule has 1 fully saturated rings. The third-order valence-electron chi connectivity index (χ3n) is 6.93. The van der Waals surface area contributed by atoms with Crippen LogP contribution in [-0.2, 0) is 21.3 Å². The van der Waals surface area contributed by atoms with E-state index < -0.39 is 10.0 Å². The molecule has 2 heterocycles. The molecule has 3 aromatic carbocycles. The largest absolute Gasteiger partial charge is 0.493 e. The summed E-state index contributed by atoms with van der Waals surface area (Å²) in [5, 5.41) is 23.5. The summed E-state index contributed by atoms with van der Waals surface area (Å²) >= 11 is 5.42. The van der Waals surface area contributed by atoms with Gasteiger partial charge in [0.05, 0.1) is 30.2 Å². The normalized spacial score (nSPS) is 14.7. The summed E-state index contributed by atoms with van der Waals surface area (Å²) in [7, 11) is -3.77. The predicted molar refractivity (Wildman–Crippen MR) is 160 cm³/mol. The molecule has 0 atom stereocenters. The molecule has 0 unspecified atom stereocenters. The van der Waals surface area contributed by atoms with Crippen molar-refractivity contribution < 1.29 is 18.3 Å². The van der Waals surface area contributed by atoms with Crippen molar-refractivity contribution in [2.24, 2.45) is 10.2 Å². The van der Waals surface area contributed by atoms with E-state index in [9.17, 15) is 13.5 Å². The van der Waals surface area contributed by atoms with Gasteiger partial charge in [0, 0.05) is 24.2 Å². The van der Waals surface area contributed by atoms with Gasteiger partial charge in [-0.05, 0) is 73.9 Å². The van der Waals surface area contributed by atoms with Crippen LogP contribution in [-0.4, -0.2) is 53.8 Å². The highest BCUT2D eigenvalue weighted by atomic mass is 32.2. The van der Waals surface area contributed by atoms with Crippen LogP contribution in [0.25, 0.3) is 10.9 Å². The number of azo groups is 1. The summed E-state index contributed by atoms with van der Waals surface area (Å²) in [4.78, 5) is 0.113. The van der Waals surface area contributed by atoms with Gasteiger partial charge in [0.2, 0.25) is 21.0 Å². The molecule has 0 spiro atoms. The lowest BCUT2D eigenvalue weighted by Crippen LogP contribution is -2.40. The van der Waals surface area contributed by atoms with Crippen molar-refractivity contribution in [3.05, 3.63) is 82.9 Å². The number of aryl methyl sites for hydroxylation is 3. The number of hydrogen-bond donors (Lipinski definition) is 2. The first-order valence-corrected chi connectivity index (χ1v) is 14.8. The molecule has 208 valence electrons. The van der Waals surface area contributed by atoms with Gasteiger partial charge >= 0.3 is 0 Å². The zero-order chi connectivity index (χ0) is 28.4. The van der Waals surface area contributed by atoms with Crippen molar-refractivity contribution in [2.45, 2.75) is 32.2 Å². The second-order valence-electron chi connectivity index (χ2n) is 9.89. The van der Waals surface area contributed by atoms with E-state index in [1.54, 1.807) is 22.8 Å². The number of nitrogens with zero attached hydrogens (tertiary/aromatic N) is 4. The Kier molecular flexibility index (Phi) is 7.99. The molecule has 5 rings (SSSR count). The van der Waals surface area contributed by atoms with E-state index in [-0.39, 0.29) is 34.7 Å². The summed E-state index contributed by atoms with van der Waals surface area (Å²) in [6.45, 7) is 7.57. The predicted octanol–water partition coefficient (Wildman–Crippen LogP) is 5.82. The first kappa shape index (κ1) is 27.9. The Hall–Kier alpha value is -3.64. The Morgan fingerprint density at radius 1 is 1.00 bits per heavy atom. The van der Waals surface area contributed by atoms with Gasteiger partial charge in [-0.1, -0.05) is 42.0 Å². The molecule has 1 saturated heterocycles. The summed E-state index contributed by atoms with van der Waals surface area (Å²) < 4.78 is 35.2. The summed E-state index contributed by atoms with van der Waals surface area (Å²) in [5.74, 6) is -0.130. The van der Waals surface area contributed by atoms with Crippen LogP contribution in [0, 0.1) is 20.8 Å². The van der Waals surface area contributed by atoms with Gasteiger partial charge in [0.1, 0.15) is 0 Å². The zero-order valence-corrected chi connectivity index (χ0v) is 24.2. The minimum atomic E-state index is -3.77. The van der Waals surface area contributed by atoms with Gasteiger partial charge in [-0.25, -0.2) is 8.42 Å². The fourth-order valence-corrected chi connectivity index (χ4v) is 6.23. The Labute approximate surface area is 239 Å². The van der Waals surface area contributed by atoms with Crippen LogP contribution in [0.2, 0.25) is 0 Å². The molecular formula is C29H31N5O4S2. The number of rotatable bonds is 6. The SMILES string of the molecule is Cc1ccc(Cn2c(O)c(N=NC(=S)Nc3cc(C)ccc3C)c3cc(S(=O)(=O)N4CCOCC4)ccc32)cc1. The molecule has 9 nitrogen and oxygen atoms in total. The van der Waals surface area contributed by atoms with E-state index >= 15 is 0 Å². The Balaban J connectivity index is 1.55. The fourth-order valence-electron chi connectivity index (χ4n) is 4.64. The van der Waals surface area contributed by atoms with E-state index in [2.05, 4.69) is 15.5 Å². The van der Waals surface area contributed by atoms with Crippen LogP contribution in [0.5, 0.6) is 5.88 Å². The molecule has 0 radical (unpaired) electrons. The molecule has 1 aliphatic heterocycles. The third kappa shape index (κ3) is 5.78. The maximum atomic E-state index is 13.4. The van der Waals surface area contributed by atoms with Gasteiger partial charge in [0.15, 0.2) is 5.69 Å². The number of hydrogen-bond acceptors (Lipinski definition) is 6. The minimum absolute atomic E-state index is 0.113. The van der Waals surface area contributed by atoms with Gasteiger partial charge < -0.3 is 19.7 Å². The number of morpholine rings is 1. The number of fused-ring (bicyclic) bond motifs is 1. The first-order chi connectivity index (χ1) is 19.1. The average molecular weight is 578 g/mol. The zero-order valence-electron chi connectivity index (χ0n) is 22.6. The molecule has 0 saturated carbocycles. The minimum Gasteiger partial charge on any atom is -0.493 e. The Bertz CT molecular complexity index is 1710. The summed E-state index contributed by atoms with van der Waals surface area (Å²) in [6.07, 6.45) is 0. The number of sulfonamides is 1. The van der Waals surface area contributed by atoms with Crippen molar-refractivity contribution in [1.29, 1.82) is 0 Å². The average Bonchev–Trinajstić information content (AvgIpc) is 3.20. The number of anilines is 1. The van der Waals surface area contributed by atoms with Crippen LogP contribution < -0.4 is 5.32 Å². The third-order valence-corrected chi connectivity index (χ3v) is 9.00. The highest BCUT2D eigenvalue weighted by Crippen LogP contribution is 2.41. The monoisotopic (exact) mass is 577 g/mol. The molecular weight excluding hydrogens is 546 g/mol. The molecule has 0 amide bonds. The second kappa shape index (κ2) is 11.5. The van der Waals surface area contributed by atoms with Crippen LogP contribution in [0.15, 0.2) is 75.8 Å². The standard InChI is InChI=1S/C29H31N5O4S2/c1-19-5-8-22(9-6-19)18-34-26-11-10-23(40(36,37)33-12-14-38-15-13-33)17-24(26)27(28(34)35)31-32-29(39)30-25-16-20(2)4-7-21(25)3/h4-11,16-17,35H,12-15,18H2,1-3H3,(H,30,39). The molecule has 1 aromatic heterocycles. The lowest BCUT2D eigenvalue weighted by atomic mass is 10.1. The smallest absolute Gasteiger partial charge is 0.243 e. The Morgan fingerprint density at radius 3 is 2.42 bits per heavy atom. The highest BCUT2D eigenvalue weighted by Gasteiger charge is 2.28. The lowest BCUT2D eigenvalue weighted by molar-refractivity contribution is 0.0730. The number of thiocarbonyl (C=S) groups is 1. The summed E-state index contributed by atoms with van der Waals surface area (Å²) in [5.41, 5.74) is 5.75. The quantitative estimate of drug-likeness (QED) is 0.221. The fraction of sp³-hybridized carbons (Fsp3) is 0.276.